The summed E-state index contributed by atoms with van der Waals surface area (Å²) in [6.45, 7) is 4.88. The Balaban J connectivity index is 1.30. The van der Waals surface area contributed by atoms with Crippen LogP contribution in [0.15, 0.2) is 18.2 Å². The zero-order chi connectivity index (χ0) is 18.1. The maximum Gasteiger partial charge on any atom is 0.217 e. The number of carbonyl (C=O) groups excluding carboxylic acids is 1. The molecule has 0 saturated carbocycles. The molecule has 1 aromatic heterocycles. The highest BCUT2D eigenvalue weighted by Crippen LogP contribution is 2.21. The first kappa shape index (κ1) is 17.4. The van der Waals surface area contributed by atoms with Crippen LogP contribution in [-0.2, 0) is 20.7 Å². The lowest BCUT2D eigenvalue weighted by molar-refractivity contribution is -0.120. The van der Waals surface area contributed by atoms with Crippen LogP contribution in [0, 0.1) is 5.82 Å². The average molecular weight is 362 g/mol. The van der Waals surface area contributed by atoms with E-state index in [9.17, 15) is 9.18 Å². The molecule has 7 nitrogen and oxygen atoms in total. The summed E-state index contributed by atoms with van der Waals surface area (Å²) in [6, 6.07) is 4.49. The van der Waals surface area contributed by atoms with Crippen molar-refractivity contribution in [2.24, 2.45) is 0 Å². The molecule has 4 rings (SSSR count). The van der Waals surface area contributed by atoms with Gasteiger partial charge in [-0.25, -0.2) is 9.37 Å². The molecule has 140 valence electrons. The van der Waals surface area contributed by atoms with Gasteiger partial charge in [0, 0.05) is 33.0 Å². The quantitative estimate of drug-likeness (QED) is 0.843. The molecule has 2 aliphatic heterocycles. The van der Waals surface area contributed by atoms with E-state index in [4.69, 9.17) is 9.47 Å². The highest BCUT2D eigenvalue weighted by Gasteiger charge is 2.37. The first-order chi connectivity index (χ1) is 12.6. The van der Waals surface area contributed by atoms with Crippen molar-refractivity contribution < 1.29 is 18.7 Å². The lowest BCUT2D eigenvalue weighted by Gasteiger charge is -2.18. The Kier molecular flexibility index (Phi) is 4.88. The third-order valence-corrected chi connectivity index (χ3v) is 4.88. The molecule has 2 aromatic rings. The van der Waals surface area contributed by atoms with Gasteiger partial charge in [-0.05, 0) is 18.2 Å². The van der Waals surface area contributed by atoms with Crippen LogP contribution in [0.2, 0.25) is 0 Å². The number of fused-ring (bicyclic) bond motifs is 2. The van der Waals surface area contributed by atoms with Crippen LogP contribution >= 0.6 is 0 Å². The van der Waals surface area contributed by atoms with Gasteiger partial charge in [0.2, 0.25) is 5.91 Å². The van der Waals surface area contributed by atoms with E-state index in [1.807, 2.05) is 0 Å². The van der Waals surface area contributed by atoms with Gasteiger partial charge in [-0.2, -0.15) is 0 Å². The van der Waals surface area contributed by atoms with Gasteiger partial charge in [0.25, 0.3) is 0 Å². The minimum atomic E-state index is -0.265. The molecule has 2 aliphatic rings. The lowest BCUT2D eigenvalue weighted by atomic mass is 10.3. The van der Waals surface area contributed by atoms with Gasteiger partial charge in [0.1, 0.15) is 11.6 Å². The largest absolute Gasteiger partial charge is 0.372 e. The van der Waals surface area contributed by atoms with E-state index in [1.54, 1.807) is 6.07 Å². The first-order valence-electron chi connectivity index (χ1n) is 8.93. The van der Waals surface area contributed by atoms with Crippen LogP contribution < -0.4 is 5.32 Å². The molecule has 3 heterocycles. The number of carbonyl (C=O) groups is 1. The highest BCUT2D eigenvalue weighted by atomic mass is 19.1. The van der Waals surface area contributed by atoms with Gasteiger partial charge < -0.3 is 19.8 Å². The number of likely N-dealkylation sites (tertiary alicyclic amines) is 1. The summed E-state index contributed by atoms with van der Waals surface area (Å²) >= 11 is 0. The third-order valence-electron chi connectivity index (χ3n) is 4.88. The molecule has 26 heavy (non-hydrogen) atoms. The Morgan fingerprint density at radius 3 is 2.77 bits per heavy atom. The zero-order valence-electron chi connectivity index (χ0n) is 14.7. The second kappa shape index (κ2) is 7.30. The van der Waals surface area contributed by atoms with Crippen LogP contribution in [0.25, 0.3) is 11.0 Å². The molecule has 0 unspecified atom stereocenters. The number of amides is 1. The SMILES string of the molecule is CC(=O)NC1CO[C@H]2CN(CCc3nc4ccc(F)cc4[nH]3)C[C@@H]2OC1. The van der Waals surface area contributed by atoms with Gasteiger partial charge in [-0.3, -0.25) is 9.69 Å². The monoisotopic (exact) mass is 362 g/mol. The molecule has 2 atom stereocenters. The van der Waals surface area contributed by atoms with E-state index in [0.29, 0.717) is 13.2 Å². The summed E-state index contributed by atoms with van der Waals surface area (Å²) in [7, 11) is 0. The number of nitrogens with one attached hydrogen (secondary N) is 2. The fraction of sp³-hybridized carbons (Fsp3) is 0.556. The number of imidazole rings is 1. The van der Waals surface area contributed by atoms with Crippen molar-refractivity contribution >= 4 is 16.9 Å². The number of ether oxygens (including phenoxy) is 2. The molecule has 2 fully saturated rings. The maximum atomic E-state index is 13.3. The fourth-order valence-electron chi connectivity index (χ4n) is 3.64. The third kappa shape index (κ3) is 3.87. The van der Waals surface area contributed by atoms with Crippen LogP contribution in [0.1, 0.15) is 12.7 Å². The minimum Gasteiger partial charge on any atom is -0.372 e. The van der Waals surface area contributed by atoms with Crippen LogP contribution in [0.4, 0.5) is 4.39 Å². The molecule has 0 radical (unpaired) electrons. The molecule has 8 heteroatoms. The van der Waals surface area contributed by atoms with Crippen molar-refractivity contribution in [3.05, 3.63) is 29.8 Å². The number of hydrogen-bond acceptors (Lipinski definition) is 5. The number of nitrogens with zero attached hydrogens (tertiary/aromatic N) is 2. The lowest BCUT2D eigenvalue weighted by Crippen LogP contribution is -2.40. The number of hydrogen-bond donors (Lipinski definition) is 2. The predicted octanol–water partition coefficient (Wildman–Crippen LogP) is 0.849. The average Bonchev–Trinajstić information content (AvgIpc) is 3.13. The van der Waals surface area contributed by atoms with E-state index >= 15 is 0 Å². The van der Waals surface area contributed by atoms with Crippen molar-refractivity contribution in [1.82, 2.24) is 20.2 Å². The molecule has 0 aliphatic carbocycles. The first-order valence-corrected chi connectivity index (χ1v) is 8.93. The predicted molar refractivity (Wildman–Crippen MR) is 93.3 cm³/mol. The standard InChI is InChI=1S/C18H23FN4O3/c1-11(24)20-13-9-25-16-7-23(8-17(16)26-10-13)5-4-18-21-14-3-2-12(19)6-15(14)22-18/h2-3,6,13,16-17H,4-5,7-10H2,1H3,(H,20,24)(H,21,22)/t16-,17-/m0/s1. The summed E-state index contributed by atoms with van der Waals surface area (Å²) < 4.78 is 25.1. The fourth-order valence-corrected chi connectivity index (χ4v) is 3.64. The summed E-state index contributed by atoms with van der Waals surface area (Å²) in [5, 5.41) is 2.84. The molecular weight excluding hydrogens is 339 g/mol. The second-order valence-corrected chi connectivity index (χ2v) is 7.00. The van der Waals surface area contributed by atoms with Gasteiger partial charge in [0.15, 0.2) is 0 Å². The second-order valence-electron chi connectivity index (χ2n) is 7.00. The number of benzene rings is 1. The molecular formula is C18H23FN4O3. The molecule has 0 bridgehead atoms. The number of rotatable bonds is 4. The smallest absolute Gasteiger partial charge is 0.217 e. The molecule has 2 N–H and O–H groups in total. The Morgan fingerprint density at radius 1 is 1.35 bits per heavy atom. The van der Waals surface area contributed by atoms with Gasteiger partial charge >= 0.3 is 0 Å². The highest BCUT2D eigenvalue weighted by molar-refractivity contribution is 5.75. The van der Waals surface area contributed by atoms with E-state index in [2.05, 4.69) is 20.2 Å². The Morgan fingerprint density at radius 2 is 2.08 bits per heavy atom. The summed E-state index contributed by atoms with van der Waals surface area (Å²) in [5.74, 6) is 0.520. The van der Waals surface area contributed by atoms with Crippen molar-refractivity contribution in [3.63, 3.8) is 0 Å². The van der Waals surface area contributed by atoms with E-state index in [1.165, 1.54) is 19.1 Å². The van der Waals surface area contributed by atoms with Crippen molar-refractivity contribution in [2.75, 3.05) is 32.8 Å². The Bertz CT molecular complexity index is 780. The van der Waals surface area contributed by atoms with E-state index in [0.717, 1.165) is 42.9 Å². The summed E-state index contributed by atoms with van der Waals surface area (Å²) in [6.07, 6.45) is 0.807. The van der Waals surface area contributed by atoms with Gasteiger partial charge in [-0.1, -0.05) is 0 Å². The summed E-state index contributed by atoms with van der Waals surface area (Å²) in [5.41, 5.74) is 1.51. The van der Waals surface area contributed by atoms with E-state index in [-0.39, 0.29) is 30.0 Å². The van der Waals surface area contributed by atoms with Gasteiger partial charge in [0.05, 0.1) is 42.5 Å². The Labute approximate surface area is 150 Å². The number of aromatic amines is 1. The van der Waals surface area contributed by atoms with Crippen LogP contribution in [0.3, 0.4) is 0 Å². The normalized spacial score (nSPS) is 24.5. The van der Waals surface area contributed by atoms with Crippen molar-refractivity contribution in [3.8, 4) is 0 Å². The van der Waals surface area contributed by atoms with E-state index < -0.39 is 0 Å². The van der Waals surface area contributed by atoms with Crippen molar-refractivity contribution in [2.45, 2.75) is 31.6 Å². The number of aromatic nitrogens is 2. The molecule has 1 aromatic carbocycles. The molecule has 2 saturated heterocycles. The van der Waals surface area contributed by atoms with Crippen LogP contribution in [0.5, 0.6) is 0 Å². The zero-order valence-corrected chi connectivity index (χ0v) is 14.7. The van der Waals surface area contributed by atoms with Gasteiger partial charge in [-0.15, -0.1) is 0 Å². The molecule has 1 amide bonds. The molecule has 0 spiro atoms. The topological polar surface area (TPSA) is 79.5 Å². The minimum absolute atomic E-state index is 0.0264. The van der Waals surface area contributed by atoms with Crippen molar-refractivity contribution in [1.29, 1.82) is 0 Å². The summed E-state index contributed by atoms with van der Waals surface area (Å²) in [4.78, 5) is 21.1. The van der Waals surface area contributed by atoms with Crippen LogP contribution in [-0.4, -0.2) is 71.9 Å². The maximum absolute atomic E-state index is 13.3. The Hall–Kier alpha value is -2.03. The number of halogens is 1. The number of H-pyrrole nitrogens is 1.